The molecule has 3 aromatic rings. The minimum atomic E-state index is -4.58. The SMILES string of the molecule is O=C(c1ccccc1-c1ncc(F)cn1)N1C[C@@H]2CCC1C(Oc1cnc(C(F)(F)F)cn1)C2. The summed E-state index contributed by atoms with van der Waals surface area (Å²) in [6.07, 6.45) is 0.969. The fourth-order valence-electron chi connectivity index (χ4n) is 4.64. The molecule has 176 valence electrons. The third kappa shape index (κ3) is 4.29. The van der Waals surface area contributed by atoms with Crippen LogP contribution >= 0.6 is 0 Å². The molecule has 0 radical (unpaired) electrons. The van der Waals surface area contributed by atoms with Gasteiger partial charge < -0.3 is 9.64 Å². The highest BCUT2D eigenvalue weighted by Crippen LogP contribution is 2.38. The van der Waals surface area contributed by atoms with E-state index in [1.54, 1.807) is 29.2 Å². The van der Waals surface area contributed by atoms with Gasteiger partial charge in [0.25, 0.3) is 5.91 Å². The van der Waals surface area contributed by atoms with Crippen LogP contribution in [0.3, 0.4) is 0 Å². The van der Waals surface area contributed by atoms with Gasteiger partial charge in [0.05, 0.1) is 36.4 Å². The lowest BCUT2D eigenvalue weighted by Crippen LogP contribution is -2.59. The third-order valence-electron chi connectivity index (χ3n) is 6.19. The van der Waals surface area contributed by atoms with Gasteiger partial charge in [-0.25, -0.2) is 24.3 Å². The second-order valence-electron chi connectivity index (χ2n) is 8.37. The topological polar surface area (TPSA) is 81.1 Å². The minimum absolute atomic E-state index is 0.0157. The van der Waals surface area contributed by atoms with Gasteiger partial charge in [-0.15, -0.1) is 0 Å². The van der Waals surface area contributed by atoms with Gasteiger partial charge in [0.15, 0.2) is 17.3 Å². The van der Waals surface area contributed by atoms with Crippen LogP contribution in [-0.4, -0.2) is 49.4 Å². The maximum atomic E-state index is 13.6. The van der Waals surface area contributed by atoms with E-state index in [1.807, 2.05) is 0 Å². The Labute approximate surface area is 191 Å². The van der Waals surface area contributed by atoms with Crippen LogP contribution in [0.1, 0.15) is 35.3 Å². The second kappa shape index (κ2) is 8.62. The highest BCUT2D eigenvalue weighted by atomic mass is 19.4. The van der Waals surface area contributed by atoms with Crippen molar-refractivity contribution in [1.82, 2.24) is 24.8 Å². The van der Waals surface area contributed by atoms with E-state index in [4.69, 9.17) is 4.74 Å². The number of carbonyl (C=O) groups excluding carboxylic acids is 1. The number of fused-ring (bicyclic) bond motifs is 3. The van der Waals surface area contributed by atoms with Crippen molar-refractivity contribution in [3.63, 3.8) is 0 Å². The quantitative estimate of drug-likeness (QED) is 0.530. The Morgan fingerprint density at radius 2 is 1.76 bits per heavy atom. The van der Waals surface area contributed by atoms with Gasteiger partial charge in [-0.05, 0) is 31.2 Å². The van der Waals surface area contributed by atoms with Crippen LogP contribution in [0.4, 0.5) is 17.6 Å². The number of amides is 1. The Balaban J connectivity index is 1.38. The fraction of sp³-hybridized carbons (Fsp3) is 0.348. The smallest absolute Gasteiger partial charge is 0.434 e. The summed E-state index contributed by atoms with van der Waals surface area (Å²) in [6.45, 7) is 0.542. The molecule has 1 aliphatic carbocycles. The Morgan fingerprint density at radius 1 is 1.00 bits per heavy atom. The van der Waals surface area contributed by atoms with Gasteiger partial charge in [-0.2, -0.15) is 13.2 Å². The first-order valence-electron chi connectivity index (χ1n) is 10.7. The summed E-state index contributed by atoms with van der Waals surface area (Å²) in [7, 11) is 0. The largest absolute Gasteiger partial charge is 0.471 e. The molecule has 1 saturated carbocycles. The van der Waals surface area contributed by atoms with E-state index in [0.29, 0.717) is 36.7 Å². The highest BCUT2D eigenvalue weighted by Gasteiger charge is 2.45. The predicted molar refractivity (Wildman–Crippen MR) is 111 cm³/mol. The molecule has 3 atom stereocenters. The molecule has 4 heterocycles. The zero-order valence-electron chi connectivity index (χ0n) is 17.7. The van der Waals surface area contributed by atoms with Crippen LogP contribution < -0.4 is 4.74 Å². The van der Waals surface area contributed by atoms with E-state index in [9.17, 15) is 22.4 Å². The molecule has 2 aliphatic heterocycles. The lowest BCUT2D eigenvalue weighted by atomic mass is 9.77. The molecule has 2 aromatic heterocycles. The van der Waals surface area contributed by atoms with Gasteiger partial charge >= 0.3 is 6.18 Å². The number of carbonyl (C=O) groups is 1. The number of alkyl halides is 3. The zero-order chi connectivity index (χ0) is 23.9. The molecule has 0 spiro atoms. The monoisotopic (exact) mass is 473 g/mol. The molecule has 3 fully saturated rings. The molecule has 2 bridgehead atoms. The van der Waals surface area contributed by atoms with Crippen LogP contribution in [0.15, 0.2) is 49.1 Å². The molecule has 34 heavy (non-hydrogen) atoms. The van der Waals surface area contributed by atoms with Gasteiger partial charge in [-0.3, -0.25) is 4.79 Å². The fourth-order valence-corrected chi connectivity index (χ4v) is 4.64. The van der Waals surface area contributed by atoms with Crippen LogP contribution in [0.2, 0.25) is 0 Å². The number of nitrogens with zero attached hydrogens (tertiary/aromatic N) is 5. The average Bonchev–Trinajstić information content (AvgIpc) is 2.84. The van der Waals surface area contributed by atoms with E-state index in [2.05, 4.69) is 19.9 Å². The lowest BCUT2D eigenvalue weighted by Gasteiger charge is -2.49. The maximum Gasteiger partial charge on any atom is 0.434 e. The molecule has 1 amide bonds. The molecule has 2 unspecified atom stereocenters. The first-order valence-corrected chi connectivity index (χ1v) is 10.7. The molecule has 2 saturated heterocycles. The summed E-state index contributed by atoms with van der Waals surface area (Å²) in [5, 5.41) is 0. The van der Waals surface area contributed by atoms with Gasteiger partial charge in [-0.1, -0.05) is 18.2 Å². The third-order valence-corrected chi connectivity index (χ3v) is 6.19. The average molecular weight is 473 g/mol. The molecular weight excluding hydrogens is 454 g/mol. The number of aromatic nitrogens is 4. The van der Waals surface area contributed by atoms with Crippen molar-refractivity contribution in [1.29, 1.82) is 0 Å². The summed E-state index contributed by atoms with van der Waals surface area (Å²) in [5.74, 6) is -0.397. The van der Waals surface area contributed by atoms with Crippen molar-refractivity contribution >= 4 is 5.91 Å². The molecule has 0 N–H and O–H groups in total. The van der Waals surface area contributed by atoms with E-state index >= 15 is 0 Å². The molecule has 3 aliphatic rings. The number of piperidine rings is 2. The van der Waals surface area contributed by atoms with Crippen molar-refractivity contribution in [3.8, 4) is 17.3 Å². The van der Waals surface area contributed by atoms with Gasteiger partial charge in [0.1, 0.15) is 6.10 Å². The molecule has 7 nitrogen and oxygen atoms in total. The van der Waals surface area contributed by atoms with Gasteiger partial charge in [0, 0.05) is 12.1 Å². The first kappa shape index (κ1) is 22.2. The second-order valence-corrected chi connectivity index (χ2v) is 8.37. The minimum Gasteiger partial charge on any atom is -0.471 e. The normalized spacial score (nSPS) is 22.0. The van der Waals surface area contributed by atoms with E-state index in [0.717, 1.165) is 25.0 Å². The van der Waals surface area contributed by atoms with Crippen molar-refractivity contribution in [3.05, 3.63) is 66.1 Å². The van der Waals surface area contributed by atoms with Crippen LogP contribution in [0.5, 0.6) is 5.88 Å². The van der Waals surface area contributed by atoms with Crippen molar-refractivity contribution < 1.29 is 27.1 Å². The van der Waals surface area contributed by atoms with Crippen molar-refractivity contribution in [2.24, 2.45) is 5.92 Å². The molecule has 6 rings (SSSR count). The molecule has 1 aromatic carbocycles. The predicted octanol–water partition coefficient (Wildman–Crippen LogP) is 4.16. The Morgan fingerprint density at radius 3 is 2.44 bits per heavy atom. The molecule has 11 heteroatoms. The number of hydrogen-bond acceptors (Lipinski definition) is 6. The Hall–Kier alpha value is -3.63. The zero-order valence-corrected chi connectivity index (χ0v) is 17.7. The van der Waals surface area contributed by atoms with Crippen LogP contribution in [0, 0.1) is 11.7 Å². The summed E-state index contributed by atoms with van der Waals surface area (Å²) in [4.78, 5) is 30.5. The highest BCUT2D eigenvalue weighted by molar-refractivity contribution is 6.00. The summed E-state index contributed by atoms with van der Waals surface area (Å²) in [6, 6.07) is 6.58. The van der Waals surface area contributed by atoms with Gasteiger partial charge in [0.2, 0.25) is 5.88 Å². The number of halogens is 4. The number of hydrogen-bond donors (Lipinski definition) is 0. The Kier molecular flexibility index (Phi) is 5.62. The van der Waals surface area contributed by atoms with Crippen LogP contribution in [-0.2, 0) is 6.18 Å². The summed E-state index contributed by atoms with van der Waals surface area (Å²) in [5.41, 5.74) is -0.226. The summed E-state index contributed by atoms with van der Waals surface area (Å²) < 4.78 is 57.5. The van der Waals surface area contributed by atoms with Crippen molar-refractivity contribution in [2.75, 3.05) is 6.54 Å². The molecular formula is C23H19F4N5O2. The van der Waals surface area contributed by atoms with Crippen LogP contribution in [0.25, 0.3) is 11.4 Å². The van der Waals surface area contributed by atoms with E-state index < -0.39 is 23.8 Å². The van der Waals surface area contributed by atoms with E-state index in [-0.39, 0.29) is 29.6 Å². The number of rotatable bonds is 4. The number of ether oxygens (including phenoxy) is 1. The standard InChI is InChI=1S/C23H19F4N5O2/c24-14-8-30-21(31-9-14)15-3-1-2-4-16(15)22(33)32-12-13-5-6-17(32)18(7-13)34-20-11-28-19(10-29-20)23(25,26)27/h1-4,8-11,13,17-18H,5-7,12H2/t13-,17?,18?/m1/s1. The maximum absolute atomic E-state index is 13.6. The summed E-state index contributed by atoms with van der Waals surface area (Å²) >= 11 is 0. The van der Waals surface area contributed by atoms with E-state index in [1.165, 1.54) is 0 Å². The lowest BCUT2D eigenvalue weighted by molar-refractivity contribution is -0.141. The Bertz CT molecular complexity index is 1190. The number of benzene rings is 1. The van der Waals surface area contributed by atoms with Crippen molar-refractivity contribution in [2.45, 2.75) is 37.6 Å². The first-order chi connectivity index (χ1) is 16.3.